The number of benzene rings is 2. The standard InChI is InChI=1S/C18H14FNO4/c1-11(18(23)24-10-12-5-4-6-13(19)9-12)20-16(21)14-7-2-3-8-15(14)17(20)22/h2-9,11H,10H2,1H3/t11-/m0/s1. The smallest absolute Gasteiger partial charge is 0.329 e. The van der Waals surface area contributed by atoms with Gasteiger partial charge >= 0.3 is 5.97 Å². The SMILES string of the molecule is C[C@@H](C(=O)OCc1cccc(F)c1)N1C(=O)c2ccccc2C1=O. The number of amides is 2. The second-order valence-corrected chi connectivity index (χ2v) is 5.44. The van der Waals surface area contributed by atoms with Crippen LogP contribution in [0.3, 0.4) is 0 Å². The number of esters is 1. The summed E-state index contributed by atoms with van der Waals surface area (Å²) < 4.78 is 18.2. The van der Waals surface area contributed by atoms with Gasteiger partial charge in [-0.2, -0.15) is 0 Å². The number of carbonyl (C=O) groups excluding carboxylic acids is 3. The molecule has 2 aromatic carbocycles. The quantitative estimate of drug-likeness (QED) is 0.639. The van der Waals surface area contributed by atoms with Crippen molar-refractivity contribution < 1.29 is 23.5 Å². The molecule has 2 amide bonds. The summed E-state index contributed by atoms with van der Waals surface area (Å²) in [6, 6.07) is 11.0. The third kappa shape index (κ3) is 2.78. The number of rotatable bonds is 4. The Morgan fingerprint density at radius 2 is 1.71 bits per heavy atom. The van der Waals surface area contributed by atoms with Crippen LogP contribution < -0.4 is 0 Å². The lowest BCUT2D eigenvalue weighted by molar-refractivity contribution is -0.149. The van der Waals surface area contributed by atoms with Crippen molar-refractivity contribution in [3.63, 3.8) is 0 Å². The van der Waals surface area contributed by atoms with Gasteiger partial charge in [0.25, 0.3) is 11.8 Å². The molecule has 0 N–H and O–H groups in total. The first kappa shape index (κ1) is 15.9. The first-order valence-corrected chi connectivity index (χ1v) is 7.37. The van der Waals surface area contributed by atoms with Crippen LogP contribution >= 0.6 is 0 Å². The summed E-state index contributed by atoms with van der Waals surface area (Å²) in [6.45, 7) is 1.29. The lowest BCUT2D eigenvalue weighted by atomic mass is 10.1. The van der Waals surface area contributed by atoms with Crippen LogP contribution in [0.1, 0.15) is 33.2 Å². The predicted molar refractivity (Wildman–Crippen MR) is 82.6 cm³/mol. The van der Waals surface area contributed by atoms with Crippen molar-refractivity contribution in [1.82, 2.24) is 4.90 Å². The van der Waals surface area contributed by atoms with Crippen LogP contribution in [0.2, 0.25) is 0 Å². The molecule has 0 saturated carbocycles. The highest BCUT2D eigenvalue weighted by Crippen LogP contribution is 2.24. The summed E-state index contributed by atoms with van der Waals surface area (Å²) >= 11 is 0. The fraction of sp³-hybridized carbons (Fsp3) is 0.167. The van der Waals surface area contributed by atoms with E-state index in [-0.39, 0.29) is 17.7 Å². The highest BCUT2D eigenvalue weighted by atomic mass is 19.1. The van der Waals surface area contributed by atoms with Crippen molar-refractivity contribution in [2.75, 3.05) is 0 Å². The Bertz CT molecular complexity index is 798. The van der Waals surface area contributed by atoms with E-state index in [1.54, 1.807) is 30.3 Å². The topological polar surface area (TPSA) is 63.7 Å². The van der Waals surface area contributed by atoms with E-state index in [2.05, 4.69) is 0 Å². The molecule has 1 heterocycles. The molecule has 6 heteroatoms. The Morgan fingerprint density at radius 3 is 2.29 bits per heavy atom. The summed E-state index contributed by atoms with van der Waals surface area (Å²) in [6.07, 6.45) is 0. The van der Waals surface area contributed by atoms with Crippen LogP contribution in [0.4, 0.5) is 4.39 Å². The predicted octanol–water partition coefficient (Wildman–Crippen LogP) is 2.55. The van der Waals surface area contributed by atoms with Crippen molar-refractivity contribution in [2.24, 2.45) is 0 Å². The minimum absolute atomic E-state index is 0.135. The highest BCUT2D eigenvalue weighted by molar-refractivity contribution is 6.22. The maximum atomic E-state index is 13.1. The third-order valence-corrected chi connectivity index (χ3v) is 3.82. The van der Waals surface area contributed by atoms with E-state index < -0.39 is 29.6 Å². The molecule has 1 atom stereocenters. The van der Waals surface area contributed by atoms with Gasteiger partial charge in [-0.05, 0) is 36.8 Å². The monoisotopic (exact) mass is 327 g/mol. The zero-order chi connectivity index (χ0) is 17.3. The van der Waals surface area contributed by atoms with Crippen molar-refractivity contribution >= 4 is 17.8 Å². The van der Waals surface area contributed by atoms with E-state index in [0.29, 0.717) is 5.56 Å². The maximum absolute atomic E-state index is 13.1. The van der Waals surface area contributed by atoms with Crippen molar-refractivity contribution in [3.8, 4) is 0 Å². The molecule has 3 rings (SSSR count). The molecular weight excluding hydrogens is 313 g/mol. The van der Waals surface area contributed by atoms with Crippen LogP contribution in [-0.4, -0.2) is 28.7 Å². The second-order valence-electron chi connectivity index (χ2n) is 5.44. The zero-order valence-electron chi connectivity index (χ0n) is 12.9. The molecule has 0 saturated heterocycles. The third-order valence-electron chi connectivity index (χ3n) is 3.82. The minimum Gasteiger partial charge on any atom is -0.459 e. The zero-order valence-corrected chi connectivity index (χ0v) is 12.9. The number of nitrogens with zero attached hydrogens (tertiary/aromatic N) is 1. The minimum atomic E-state index is -1.06. The van der Waals surface area contributed by atoms with Gasteiger partial charge < -0.3 is 4.74 Å². The van der Waals surface area contributed by atoms with Gasteiger partial charge in [-0.15, -0.1) is 0 Å². The normalized spacial score (nSPS) is 14.5. The van der Waals surface area contributed by atoms with Gasteiger partial charge in [-0.25, -0.2) is 9.18 Å². The number of ether oxygens (including phenoxy) is 1. The summed E-state index contributed by atoms with van der Waals surface area (Å²) in [5.41, 5.74) is 1.03. The van der Waals surface area contributed by atoms with E-state index >= 15 is 0 Å². The van der Waals surface area contributed by atoms with Crippen LogP contribution in [-0.2, 0) is 16.1 Å². The number of hydrogen-bond acceptors (Lipinski definition) is 4. The first-order valence-electron chi connectivity index (χ1n) is 7.37. The van der Waals surface area contributed by atoms with Gasteiger partial charge in [0.05, 0.1) is 11.1 Å². The van der Waals surface area contributed by atoms with Crippen molar-refractivity contribution in [2.45, 2.75) is 19.6 Å². The van der Waals surface area contributed by atoms with E-state index in [9.17, 15) is 18.8 Å². The molecule has 0 bridgehead atoms. The molecule has 5 nitrogen and oxygen atoms in total. The summed E-state index contributed by atoms with van der Waals surface area (Å²) in [7, 11) is 0. The number of carbonyl (C=O) groups is 3. The van der Waals surface area contributed by atoms with Gasteiger partial charge in [0, 0.05) is 0 Å². The summed E-state index contributed by atoms with van der Waals surface area (Å²) in [4.78, 5) is 37.7. The average molecular weight is 327 g/mol. The molecule has 24 heavy (non-hydrogen) atoms. The fourth-order valence-corrected chi connectivity index (χ4v) is 2.57. The van der Waals surface area contributed by atoms with Gasteiger partial charge in [-0.1, -0.05) is 24.3 Å². The van der Waals surface area contributed by atoms with Gasteiger partial charge in [0.1, 0.15) is 18.5 Å². The molecule has 0 spiro atoms. The van der Waals surface area contributed by atoms with Crippen LogP contribution in [0.15, 0.2) is 48.5 Å². The molecule has 0 aliphatic carbocycles. The first-order chi connectivity index (χ1) is 11.5. The van der Waals surface area contributed by atoms with E-state index in [1.807, 2.05) is 0 Å². The second kappa shape index (κ2) is 6.23. The Kier molecular flexibility index (Phi) is 4.12. The van der Waals surface area contributed by atoms with Crippen molar-refractivity contribution in [1.29, 1.82) is 0 Å². The largest absolute Gasteiger partial charge is 0.459 e. The maximum Gasteiger partial charge on any atom is 0.329 e. The number of hydrogen-bond donors (Lipinski definition) is 0. The fourth-order valence-electron chi connectivity index (χ4n) is 2.57. The summed E-state index contributed by atoms with van der Waals surface area (Å²) in [5.74, 6) is -2.21. The molecule has 1 aliphatic heterocycles. The number of halogens is 1. The van der Waals surface area contributed by atoms with Crippen LogP contribution in [0.5, 0.6) is 0 Å². The van der Waals surface area contributed by atoms with Gasteiger partial charge in [0.2, 0.25) is 0 Å². The Hall–Kier alpha value is -3.02. The highest BCUT2D eigenvalue weighted by Gasteiger charge is 2.41. The van der Waals surface area contributed by atoms with Crippen molar-refractivity contribution in [3.05, 3.63) is 71.0 Å². The van der Waals surface area contributed by atoms with Crippen LogP contribution in [0, 0.1) is 5.82 Å². The summed E-state index contributed by atoms with van der Waals surface area (Å²) in [5, 5.41) is 0. The molecular formula is C18H14FNO4. The average Bonchev–Trinajstić information content (AvgIpc) is 2.84. The van der Waals surface area contributed by atoms with Gasteiger partial charge in [0.15, 0.2) is 0 Å². The molecule has 1 aliphatic rings. The molecule has 2 aromatic rings. The number of imide groups is 1. The Morgan fingerprint density at radius 1 is 1.08 bits per heavy atom. The van der Waals surface area contributed by atoms with Gasteiger partial charge in [-0.3, -0.25) is 14.5 Å². The number of fused-ring (bicyclic) bond motifs is 1. The molecule has 0 aromatic heterocycles. The molecule has 0 radical (unpaired) electrons. The Labute approximate surface area is 137 Å². The Balaban J connectivity index is 1.70. The van der Waals surface area contributed by atoms with Crippen LogP contribution in [0.25, 0.3) is 0 Å². The molecule has 0 unspecified atom stereocenters. The lowest BCUT2D eigenvalue weighted by Crippen LogP contribution is -2.43. The lowest BCUT2D eigenvalue weighted by Gasteiger charge is -2.20. The van der Waals surface area contributed by atoms with E-state index in [1.165, 1.54) is 25.1 Å². The molecule has 122 valence electrons. The molecule has 0 fully saturated rings. The van der Waals surface area contributed by atoms with E-state index in [4.69, 9.17) is 4.74 Å². The van der Waals surface area contributed by atoms with E-state index in [0.717, 1.165) is 4.90 Å².